The molecule has 4 nitrogen and oxygen atoms in total. The molecule has 1 N–H and O–H groups in total. The van der Waals surface area contributed by atoms with Gasteiger partial charge in [-0.25, -0.2) is 0 Å². The predicted molar refractivity (Wildman–Crippen MR) is 86.7 cm³/mol. The van der Waals surface area contributed by atoms with Crippen molar-refractivity contribution in [2.75, 3.05) is 20.2 Å². The van der Waals surface area contributed by atoms with Crippen LogP contribution < -0.4 is 10.1 Å². The zero-order valence-electron chi connectivity index (χ0n) is 13.5. The summed E-state index contributed by atoms with van der Waals surface area (Å²) in [7, 11) is 1.69. The van der Waals surface area contributed by atoms with E-state index in [0.717, 1.165) is 44.6 Å². The number of methoxy groups -OCH3 is 1. The number of carbonyl (C=O) groups excluding carboxylic acids is 1. The van der Waals surface area contributed by atoms with Crippen molar-refractivity contribution in [1.82, 2.24) is 10.2 Å². The maximum atomic E-state index is 12.1. The molecule has 0 aromatic heterocycles. The Bertz CT molecular complexity index is 510. The molecule has 1 aromatic rings. The van der Waals surface area contributed by atoms with Crippen molar-refractivity contribution >= 4 is 5.91 Å². The minimum Gasteiger partial charge on any atom is -0.497 e. The van der Waals surface area contributed by atoms with E-state index in [2.05, 4.69) is 29.3 Å². The largest absolute Gasteiger partial charge is 0.497 e. The van der Waals surface area contributed by atoms with E-state index in [0.29, 0.717) is 23.8 Å². The Labute approximate surface area is 132 Å². The van der Waals surface area contributed by atoms with Gasteiger partial charge in [-0.15, -0.1) is 0 Å². The van der Waals surface area contributed by atoms with Crippen molar-refractivity contribution in [3.63, 3.8) is 0 Å². The number of benzene rings is 1. The van der Waals surface area contributed by atoms with Gasteiger partial charge in [-0.3, -0.25) is 4.79 Å². The molecule has 4 heteroatoms. The van der Waals surface area contributed by atoms with Crippen LogP contribution in [-0.4, -0.2) is 37.0 Å². The Morgan fingerprint density at radius 2 is 2.00 bits per heavy atom. The first-order valence-electron chi connectivity index (χ1n) is 8.32. The van der Waals surface area contributed by atoms with Crippen molar-refractivity contribution in [3.8, 4) is 5.75 Å². The van der Waals surface area contributed by atoms with Gasteiger partial charge in [-0.1, -0.05) is 19.1 Å². The number of hydrogen-bond donors (Lipinski definition) is 1. The van der Waals surface area contributed by atoms with Crippen LogP contribution in [0.4, 0.5) is 0 Å². The molecule has 2 atom stereocenters. The summed E-state index contributed by atoms with van der Waals surface area (Å²) in [6, 6.07) is 8.68. The summed E-state index contributed by atoms with van der Waals surface area (Å²) < 4.78 is 5.18. The summed E-state index contributed by atoms with van der Waals surface area (Å²) in [6.07, 6.45) is 3.25. The summed E-state index contributed by atoms with van der Waals surface area (Å²) in [6.45, 7) is 4.92. The molecule has 1 saturated heterocycles. The summed E-state index contributed by atoms with van der Waals surface area (Å²) in [5.41, 5.74) is 1.27. The van der Waals surface area contributed by atoms with Gasteiger partial charge in [0.05, 0.1) is 7.11 Å². The normalized spacial score (nSPS) is 25.1. The number of nitrogens with zero attached hydrogens (tertiary/aromatic N) is 1. The van der Waals surface area contributed by atoms with E-state index < -0.39 is 0 Å². The van der Waals surface area contributed by atoms with Gasteiger partial charge in [-0.05, 0) is 42.9 Å². The van der Waals surface area contributed by atoms with E-state index in [4.69, 9.17) is 4.74 Å². The number of carbonyl (C=O) groups is 1. The summed E-state index contributed by atoms with van der Waals surface area (Å²) in [5, 5.41) is 3.65. The summed E-state index contributed by atoms with van der Waals surface area (Å²) in [5.74, 6) is 2.13. The van der Waals surface area contributed by atoms with Gasteiger partial charge in [0.2, 0.25) is 5.91 Å². The van der Waals surface area contributed by atoms with Gasteiger partial charge < -0.3 is 15.0 Å². The summed E-state index contributed by atoms with van der Waals surface area (Å²) in [4.78, 5) is 14.2. The van der Waals surface area contributed by atoms with Crippen LogP contribution in [0.2, 0.25) is 0 Å². The molecule has 0 bridgehead atoms. The minimum atomic E-state index is 0.344. The number of likely N-dealkylation sites (tertiary alicyclic amines) is 1. The van der Waals surface area contributed by atoms with Crippen LogP contribution in [0.3, 0.4) is 0 Å². The van der Waals surface area contributed by atoms with E-state index in [1.165, 1.54) is 5.56 Å². The van der Waals surface area contributed by atoms with Crippen molar-refractivity contribution in [2.24, 2.45) is 11.8 Å². The molecule has 1 aliphatic heterocycles. The summed E-state index contributed by atoms with van der Waals surface area (Å²) >= 11 is 0. The maximum absolute atomic E-state index is 12.1. The molecule has 0 unspecified atom stereocenters. The van der Waals surface area contributed by atoms with Crippen molar-refractivity contribution in [2.45, 2.75) is 38.8 Å². The number of rotatable bonds is 5. The maximum Gasteiger partial charge on any atom is 0.225 e. The number of ether oxygens (including phenoxy) is 1. The Morgan fingerprint density at radius 3 is 2.59 bits per heavy atom. The zero-order valence-corrected chi connectivity index (χ0v) is 13.5. The molecular weight excluding hydrogens is 276 g/mol. The topological polar surface area (TPSA) is 41.6 Å². The molecule has 0 spiro atoms. The number of piperidine rings is 1. The SMILES string of the molecule is COc1ccc(CN[C@H]2CCN(C(=O)C3CC3)C[C@@H]2C)cc1. The van der Waals surface area contributed by atoms with E-state index in [1.54, 1.807) is 7.11 Å². The van der Waals surface area contributed by atoms with Crippen LogP contribution >= 0.6 is 0 Å². The third-order valence-electron chi connectivity index (χ3n) is 4.87. The molecule has 1 aliphatic carbocycles. The number of nitrogens with one attached hydrogen (secondary N) is 1. The molecular formula is C18H26N2O2. The lowest BCUT2D eigenvalue weighted by atomic mass is 9.93. The van der Waals surface area contributed by atoms with Gasteiger partial charge in [0.25, 0.3) is 0 Å². The van der Waals surface area contributed by atoms with Crippen molar-refractivity contribution in [1.29, 1.82) is 0 Å². The number of amides is 1. The second-order valence-corrected chi connectivity index (χ2v) is 6.66. The lowest BCUT2D eigenvalue weighted by molar-refractivity contribution is -0.134. The van der Waals surface area contributed by atoms with Crippen molar-refractivity contribution < 1.29 is 9.53 Å². The van der Waals surface area contributed by atoms with Crippen LogP contribution in [0.1, 0.15) is 31.7 Å². The molecule has 1 amide bonds. The Hall–Kier alpha value is -1.55. The molecule has 1 heterocycles. The molecule has 2 aliphatic rings. The lowest BCUT2D eigenvalue weighted by Crippen LogP contribution is -2.50. The second-order valence-electron chi connectivity index (χ2n) is 6.66. The fourth-order valence-electron chi connectivity index (χ4n) is 3.23. The van der Waals surface area contributed by atoms with E-state index in [9.17, 15) is 4.79 Å². The third-order valence-corrected chi connectivity index (χ3v) is 4.87. The minimum absolute atomic E-state index is 0.344. The van der Waals surface area contributed by atoms with Crippen LogP contribution in [-0.2, 0) is 11.3 Å². The fraction of sp³-hybridized carbons (Fsp3) is 0.611. The van der Waals surface area contributed by atoms with Gasteiger partial charge in [-0.2, -0.15) is 0 Å². The molecule has 0 radical (unpaired) electrons. The van der Waals surface area contributed by atoms with E-state index in [-0.39, 0.29) is 0 Å². The molecule has 120 valence electrons. The first-order chi connectivity index (χ1) is 10.7. The van der Waals surface area contributed by atoms with E-state index in [1.807, 2.05) is 12.1 Å². The monoisotopic (exact) mass is 302 g/mol. The highest BCUT2D eigenvalue weighted by molar-refractivity contribution is 5.81. The highest BCUT2D eigenvalue weighted by Crippen LogP contribution is 2.32. The highest BCUT2D eigenvalue weighted by atomic mass is 16.5. The molecule has 3 rings (SSSR count). The van der Waals surface area contributed by atoms with Crippen LogP contribution in [0, 0.1) is 11.8 Å². The van der Waals surface area contributed by atoms with Gasteiger partial charge in [0.1, 0.15) is 5.75 Å². The Kier molecular flexibility index (Phi) is 4.67. The smallest absolute Gasteiger partial charge is 0.225 e. The van der Waals surface area contributed by atoms with Gasteiger partial charge in [0, 0.05) is 31.6 Å². The average Bonchev–Trinajstić information content (AvgIpc) is 3.38. The second kappa shape index (κ2) is 6.69. The molecule has 22 heavy (non-hydrogen) atoms. The zero-order chi connectivity index (χ0) is 15.5. The van der Waals surface area contributed by atoms with Crippen LogP contribution in [0.15, 0.2) is 24.3 Å². The lowest BCUT2D eigenvalue weighted by Gasteiger charge is -2.37. The van der Waals surface area contributed by atoms with Crippen LogP contribution in [0.5, 0.6) is 5.75 Å². The van der Waals surface area contributed by atoms with Crippen molar-refractivity contribution in [3.05, 3.63) is 29.8 Å². The third kappa shape index (κ3) is 3.61. The molecule has 1 aromatic carbocycles. The molecule has 2 fully saturated rings. The van der Waals surface area contributed by atoms with E-state index >= 15 is 0 Å². The fourth-order valence-corrected chi connectivity index (χ4v) is 3.23. The average molecular weight is 302 g/mol. The standard InChI is InChI=1S/C18H26N2O2/c1-13-12-20(18(21)15-5-6-15)10-9-17(13)19-11-14-3-7-16(22-2)8-4-14/h3-4,7-8,13,15,17,19H,5-6,9-12H2,1-2H3/t13-,17-/m0/s1. The quantitative estimate of drug-likeness (QED) is 0.908. The first kappa shape index (κ1) is 15.3. The molecule has 1 saturated carbocycles. The Balaban J connectivity index is 1.47. The Morgan fingerprint density at radius 1 is 1.27 bits per heavy atom. The van der Waals surface area contributed by atoms with Gasteiger partial charge in [0.15, 0.2) is 0 Å². The van der Waals surface area contributed by atoms with Gasteiger partial charge >= 0.3 is 0 Å². The number of hydrogen-bond acceptors (Lipinski definition) is 3. The first-order valence-corrected chi connectivity index (χ1v) is 8.32. The highest BCUT2D eigenvalue weighted by Gasteiger charge is 2.36. The van der Waals surface area contributed by atoms with Crippen LogP contribution in [0.25, 0.3) is 0 Å². The predicted octanol–water partition coefficient (Wildman–Crippen LogP) is 2.43.